The number of aryl methyl sites for hydroxylation is 1. The van der Waals surface area contributed by atoms with Crippen LogP contribution in [-0.2, 0) is 16.1 Å². The van der Waals surface area contributed by atoms with Crippen LogP contribution in [0.4, 0.5) is 4.39 Å². The van der Waals surface area contributed by atoms with Gasteiger partial charge in [-0.05, 0) is 31.0 Å². The SMILES string of the molecule is CN=C(NCc1oc2ccc(F)cc2c1C)N1CC(C)C(C(=O)OC)C1.I. The molecule has 27 heavy (non-hydrogen) atoms. The fraction of sp³-hybridized carbons (Fsp3) is 0.474. The van der Waals surface area contributed by atoms with Crippen molar-refractivity contribution in [2.45, 2.75) is 20.4 Å². The zero-order valence-corrected chi connectivity index (χ0v) is 18.2. The molecule has 0 saturated carbocycles. The van der Waals surface area contributed by atoms with E-state index in [1.807, 2.05) is 18.7 Å². The van der Waals surface area contributed by atoms with E-state index < -0.39 is 0 Å². The molecule has 1 aromatic carbocycles. The number of carbonyl (C=O) groups excluding carboxylic acids is 1. The molecule has 8 heteroatoms. The lowest BCUT2D eigenvalue weighted by molar-refractivity contribution is -0.145. The van der Waals surface area contributed by atoms with E-state index in [0.29, 0.717) is 24.6 Å². The summed E-state index contributed by atoms with van der Waals surface area (Å²) in [6.07, 6.45) is 0. The number of halogens is 2. The lowest BCUT2D eigenvalue weighted by Crippen LogP contribution is -2.40. The number of hydrogen-bond donors (Lipinski definition) is 1. The number of carbonyl (C=O) groups is 1. The molecule has 3 rings (SSSR count). The summed E-state index contributed by atoms with van der Waals surface area (Å²) in [6, 6.07) is 4.51. The molecule has 1 fully saturated rings. The molecule has 1 aliphatic heterocycles. The zero-order chi connectivity index (χ0) is 18.8. The molecule has 1 aromatic heterocycles. The van der Waals surface area contributed by atoms with Gasteiger partial charge >= 0.3 is 5.97 Å². The van der Waals surface area contributed by atoms with E-state index in [1.54, 1.807) is 13.1 Å². The quantitative estimate of drug-likeness (QED) is 0.310. The molecular formula is C19H25FIN3O3. The minimum absolute atomic E-state index is 0. The second-order valence-corrected chi connectivity index (χ2v) is 6.70. The molecule has 2 atom stereocenters. The summed E-state index contributed by atoms with van der Waals surface area (Å²) in [5.74, 6) is 1.01. The highest BCUT2D eigenvalue weighted by molar-refractivity contribution is 14.0. The first-order chi connectivity index (χ1) is 12.4. The van der Waals surface area contributed by atoms with Gasteiger partial charge in [0.1, 0.15) is 17.2 Å². The molecular weight excluding hydrogens is 464 g/mol. The molecule has 6 nitrogen and oxygen atoms in total. The number of nitrogens with one attached hydrogen (secondary N) is 1. The number of furan rings is 1. The number of rotatable bonds is 3. The van der Waals surface area contributed by atoms with Crippen molar-refractivity contribution in [1.82, 2.24) is 10.2 Å². The number of methoxy groups -OCH3 is 1. The Morgan fingerprint density at radius 2 is 2.19 bits per heavy atom. The highest BCUT2D eigenvalue weighted by atomic mass is 127. The summed E-state index contributed by atoms with van der Waals surface area (Å²) in [5.41, 5.74) is 1.57. The first kappa shape index (κ1) is 21.5. The monoisotopic (exact) mass is 489 g/mol. The average Bonchev–Trinajstić information content (AvgIpc) is 3.16. The van der Waals surface area contributed by atoms with E-state index in [2.05, 4.69) is 10.3 Å². The van der Waals surface area contributed by atoms with Crippen molar-refractivity contribution in [1.29, 1.82) is 0 Å². The average molecular weight is 489 g/mol. The van der Waals surface area contributed by atoms with Crippen molar-refractivity contribution in [3.63, 3.8) is 0 Å². The summed E-state index contributed by atoms with van der Waals surface area (Å²) in [7, 11) is 3.12. The van der Waals surface area contributed by atoms with E-state index in [-0.39, 0.29) is 47.6 Å². The van der Waals surface area contributed by atoms with Gasteiger partial charge in [0.2, 0.25) is 0 Å². The predicted molar refractivity (Wildman–Crippen MR) is 113 cm³/mol. The number of esters is 1. The maximum Gasteiger partial charge on any atom is 0.310 e. The topological polar surface area (TPSA) is 67.1 Å². The second-order valence-electron chi connectivity index (χ2n) is 6.70. The van der Waals surface area contributed by atoms with Gasteiger partial charge in [0.05, 0.1) is 19.6 Å². The lowest BCUT2D eigenvalue weighted by atomic mass is 9.99. The van der Waals surface area contributed by atoms with Crippen LogP contribution in [0.1, 0.15) is 18.2 Å². The van der Waals surface area contributed by atoms with Gasteiger partial charge in [-0.25, -0.2) is 4.39 Å². The highest BCUT2D eigenvalue weighted by Gasteiger charge is 2.36. The molecule has 0 amide bonds. The molecule has 0 aliphatic carbocycles. The third-order valence-corrected chi connectivity index (χ3v) is 5.03. The molecule has 0 radical (unpaired) electrons. The van der Waals surface area contributed by atoms with E-state index in [1.165, 1.54) is 19.2 Å². The fourth-order valence-corrected chi connectivity index (χ4v) is 3.50. The highest BCUT2D eigenvalue weighted by Crippen LogP contribution is 2.27. The van der Waals surface area contributed by atoms with Crippen LogP contribution in [-0.4, -0.2) is 44.1 Å². The summed E-state index contributed by atoms with van der Waals surface area (Å²) in [6.45, 7) is 5.67. The third-order valence-electron chi connectivity index (χ3n) is 5.03. The molecule has 1 aliphatic rings. The Morgan fingerprint density at radius 3 is 2.85 bits per heavy atom. The van der Waals surface area contributed by atoms with Crippen molar-refractivity contribution in [2.24, 2.45) is 16.8 Å². The van der Waals surface area contributed by atoms with E-state index >= 15 is 0 Å². The number of aliphatic imine (C=N–C) groups is 1. The van der Waals surface area contributed by atoms with Crippen molar-refractivity contribution in [2.75, 3.05) is 27.2 Å². The summed E-state index contributed by atoms with van der Waals surface area (Å²) < 4.78 is 24.2. The van der Waals surface area contributed by atoms with Gasteiger partial charge in [-0.2, -0.15) is 0 Å². The minimum Gasteiger partial charge on any atom is -0.469 e. The Morgan fingerprint density at radius 1 is 1.44 bits per heavy atom. The Kier molecular flexibility index (Phi) is 7.07. The summed E-state index contributed by atoms with van der Waals surface area (Å²) >= 11 is 0. The van der Waals surface area contributed by atoms with Crippen LogP contribution in [0.25, 0.3) is 11.0 Å². The second kappa shape index (κ2) is 8.90. The van der Waals surface area contributed by atoms with Gasteiger partial charge < -0.3 is 19.4 Å². The zero-order valence-electron chi connectivity index (χ0n) is 15.9. The van der Waals surface area contributed by atoms with Crippen LogP contribution in [0.5, 0.6) is 0 Å². The van der Waals surface area contributed by atoms with Crippen molar-refractivity contribution >= 4 is 46.9 Å². The molecule has 148 valence electrons. The van der Waals surface area contributed by atoms with Crippen molar-refractivity contribution in [3.8, 4) is 0 Å². The molecule has 0 bridgehead atoms. The standard InChI is InChI=1S/C19H24FN3O3.HI/c1-11-9-23(10-15(11)18(24)25-4)19(21-3)22-8-17-12(2)14-7-13(20)5-6-16(14)26-17;/h5-7,11,15H,8-10H2,1-4H3,(H,21,22);1H. The van der Waals surface area contributed by atoms with Gasteiger partial charge in [-0.15, -0.1) is 24.0 Å². The smallest absolute Gasteiger partial charge is 0.310 e. The Hall–Kier alpha value is -1.84. The summed E-state index contributed by atoms with van der Waals surface area (Å²) in [4.78, 5) is 18.2. The van der Waals surface area contributed by atoms with Crippen molar-refractivity contribution < 1.29 is 18.3 Å². The lowest BCUT2D eigenvalue weighted by Gasteiger charge is -2.21. The largest absolute Gasteiger partial charge is 0.469 e. The van der Waals surface area contributed by atoms with Crippen LogP contribution in [0.2, 0.25) is 0 Å². The number of benzene rings is 1. The van der Waals surface area contributed by atoms with Crippen LogP contribution in [0.15, 0.2) is 27.6 Å². The first-order valence-corrected chi connectivity index (χ1v) is 8.65. The van der Waals surface area contributed by atoms with Gasteiger partial charge in [-0.1, -0.05) is 6.92 Å². The van der Waals surface area contributed by atoms with Crippen molar-refractivity contribution in [3.05, 3.63) is 35.3 Å². The van der Waals surface area contributed by atoms with Crippen LogP contribution < -0.4 is 5.32 Å². The number of nitrogens with zero attached hydrogens (tertiary/aromatic N) is 2. The first-order valence-electron chi connectivity index (χ1n) is 8.65. The van der Waals surface area contributed by atoms with Gasteiger partial charge in [-0.3, -0.25) is 9.79 Å². The van der Waals surface area contributed by atoms with Crippen LogP contribution in [0, 0.1) is 24.6 Å². The maximum atomic E-state index is 13.4. The number of ether oxygens (including phenoxy) is 1. The number of guanidine groups is 1. The Balaban J connectivity index is 0.00000261. The molecule has 2 heterocycles. The van der Waals surface area contributed by atoms with Gasteiger partial charge in [0.25, 0.3) is 0 Å². The molecule has 2 aromatic rings. The predicted octanol–water partition coefficient (Wildman–Crippen LogP) is 3.31. The molecule has 1 N–H and O–H groups in total. The number of hydrogen-bond acceptors (Lipinski definition) is 4. The minimum atomic E-state index is -0.281. The molecule has 1 saturated heterocycles. The van der Waals surface area contributed by atoms with Crippen LogP contribution in [0.3, 0.4) is 0 Å². The maximum absolute atomic E-state index is 13.4. The fourth-order valence-electron chi connectivity index (χ4n) is 3.50. The Bertz CT molecular complexity index is 852. The number of fused-ring (bicyclic) bond motifs is 1. The summed E-state index contributed by atoms with van der Waals surface area (Å²) in [5, 5.41) is 4.05. The van der Waals surface area contributed by atoms with E-state index in [4.69, 9.17) is 9.15 Å². The van der Waals surface area contributed by atoms with Gasteiger partial charge in [0.15, 0.2) is 5.96 Å². The van der Waals surface area contributed by atoms with E-state index in [9.17, 15) is 9.18 Å². The molecule has 2 unspecified atom stereocenters. The third kappa shape index (κ3) is 4.36. The van der Waals surface area contributed by atoms with Gasteiger partial charge in [0, 0.05) is 31.1 Å². The molecule has 0 spiro atoms. The van der Waals surface area contributed by atoms with E-state index in [0.717, 1.165) is 23.3 Å². The normalized spacial score (nSPS) is 19.9. The van der Waals surface area contributed by atoms with Crippen LogP contribution >= 0.6 is 24.0 Å². The number of likely N-dealkylation sites (tertiary alicyclic amines) is 1. The Labute approximate surface area is 175 Å².